The Morgan fingerprint density at radius 3 is 2.28 bits per heavy atom. The summed E-state index contributed by atoms with van der Waals surface area (Å²) in [4.78, 5) is 43.7. The van der Waals surface area contributed by atoms with Crippen molar-refractivity contribution in [2.24, 2.45) is 0 Å². The molecule has 0 saturated carbocycles. The van der Waals surface area contributed by atoms with Crippen LogP contribution in [0.1, 0.15) is 39.1 Å². The molecule has 3 amide bonds. The number of carbonyl (C=O) groups excluding carboxylic acids is 3. The number of amides is 3. The van der Waals surface area contributed by atoms with Crippen molar-refractivity contribution in [3.05, 3.63) is 17.5 Å². The molecule has 0 bridgehead atoms. The van der Waals surface area contributed by atoms with Crippen molar-refractivity contribution in [3.8, 4) is 0 Å². The Morgan fingerprint density at radius 2 is 1.76 bits per heavy atom. The number of aryl methyl sites for hydroxylation is 2. The molecule has 8 nitrogen and oxygen atoms in total. The lowest BCUT2D eigenvalue weighted by molar-refractivity contribution is -0.151. The molecule has 1 rings (SSSR count). The van der Waals surface area contributed by atoms with Crippen molar-refractivity contribution in [1.82, 2.24) is 20.6 Å². The van der Waals surface area contributed by atoms with Crippen LogP contribution < -0.4 is 10.6 Å². The van der Waals surface area contributed by atoms with Gasteiger partial charge in [0.25, 0.3) is 5.91 Å². The first kappa shape index (κ1) is 20.9. The molecule has 1 atom stereocenters. The quantitative estimate of drug-likeness (QED) is 0.463. The van der Waals surface area contributed by atoms with Crippen molar-refractivity contribution in [1.29, 1.82) is 0 Å². The lowest BCUT2D eigenvalue weighted by Crippen LogP contribution is -2.50. The molecule has 0 saturated heterocycles. The van der Waals surface area contributed by atoms with Crippen LogP contribution in [0.5, 0.6) is 0 Å². The Hall–Kier alpha value is -2.16. The topological polar surface area (TPSA) is 110 Å². The van der Waals surface area contributed by atoms with Crippen LogP contribution in [0.15, 0.2) is 11.2 Å². The van der Waals surface area contributed by atoms with Gasteiger partial charge in [0, 0.05) is 16.9 Å². The Morgan fingerprint density at radius 1 is 1.20 bits per heavy atom. The summed E-state index contributed by atoms with van der Waals surface area (Å²) >= 11 is 1.12. The SMILES string of the molecule is Cc1cc(C)nc(SCC(=O)O[C@@H](C)C(=O)NC(=O)NC(C)(C)C)n1. The Balaban J connectivity index is 2.45. The predicted octanol–water partition coefficient (Wildman–Crippen LogP) is 1.74. The maximum Gasteiger partial charge on any atom is 0.321 e. The van der Waals surface area contributed by atoms with Crippen LogP contribution in [0.25, 0.3) is 0 Å². The zero-order chi connectivity index (χ0) is 19.2. The van der Waals surface area contributed by atoms with Crippen LogP contribution in [0, 0.1) is 13.8 Å². The number of hydrogen-bond donors (Lipinski definition) is 2. The number of carbonyl (C=O) groups is 3. The van der Waals surface area contributed by atoms with Crippen molar-refractivity contribution in [2.45, 2.75) is 58.3 Å². The summed E-state index contributed by atoms with van der Waals surface area (Å²) in [6.07, 6.45) is -1.08. The molecule has 0 fully saturated rings. The standard InChI is InChI=1S/C16H24N4O4S/c1-9-7-10(2)18-15(17-9)25-8-12(21)24-11(3)13(22)19-14(23)20-16(4,5)6/h7,11H,8H2,1-6H3,(H2,19,20,22,23)/t11-/m0/s1. The average molecular weight is 368 g/mol. The van der Waals surface area contributed by atoms with Crippen LogP contribution >= 0.6 is 11.8 Å². The maximum atomic E-state index is 11.9. The fourth-order valence-electron chi connectivity index (χ4n) is 1.75. The third-order valence-electron chi connectivity index (χ3n) is 2.68. The molecule has 0 aliphatic heterocycles. The number of nitrogens with zero attached hydrogens (tertiary/aromatic N) is 2. The molecule has 1 aromatic heterocycles. The van der Waals surface area contributed by atoms with E-state index in [0.717, 1.165) is 23.1 Å². The zero-order valence-electron chi connectivity index (χ0n) is 15.3. The monoisotopic (exact) mass is 368 g/mol. The van der Waals surface area contributed by atoms with E-state index in [2.05, 4.69) is 20.6 Å². The van der Waals surface area contributed by atoms with Gasteiger partial charge < -0.3 is 10.1 Å². The third kappa shape index (κ3) is 8.48. The van der Waals surface area contributed by atoms with Gasteiger partial charge in [0.2, 0.25) is 0 Å². The van der Waals surface area contributed by atoms with Gasteiger partial charge in [0.05, 0.1) is 5.75 Å². The van der Waals surface area contributed by atoms with E-state index in [1.54, 1.807) is 20.8 Å². The van der Waals surface area contributed by atoms with Gasteiger partial charge in [-0.25, -0.2) is 14.8 Å². The van der Waals surface area contributed by atoms with Gasteiger partial charge in [-0.2, -0.15) is 0 Å². The molecule has 138 valence electrons. The van der Waals surface area contributed by atoms with Gasteiger partial charge in [-0.1, -0.05) is 11.8 Å². The molecule has 1 aromatic rings. The van der Waals surface area contributed by atoms with Crippen LogP contribution in [-0.4, -0.2) is 45.3 Å². The number of imide groups is 1. The predicted molar refractivity (Wildman–Crippen MR) is 94.2 cm³/mol. The highest BCUT2D eigenvalue weighted by Crippen LogP contribution is 2.14. The molecule has 9 heteroatoms. The molecule has 2 N–H and O–H groups in total. The highest BCUT2D eigenvalue weighted by Gasteiger charge is 2.22. The second kappa shape index (κ2) is 8.80. The summed E-state index contributed by atoms with van der Waals surface area (Å²) in [7, 11) is 0. The van der Waals surface area contributed by atoms with E-state index in [1.165, 1.54) is 6.92 Å². The van der Waals surface area contributed by atoms with E-state index in [4.69, 9.17) is 4.74 Å². The van der Waals surface area contributed by atoms with Crippen LogP contribution in [-0.2, 0) is 14.3 Å². The molecule has 0 spiro atoms. The first-order valence-electron chi connectivity index (χ1n) is 7.74. The second-order valence-electron chi connectivity index (χ2n) is 6.55. The fourth-order valence-corrected chi connectivity index (χ4v) is 2.48. The minimum atomic E-state index is -1.08. The molecular weight excluding hydrogens is 344 g/mol. The van der Waals surface area contributed by atoms with E-state index < -0.39 is 29.6 Å². The van der Waals surface area contributed by atoms with Crippen LogP contribution in [0.4, 0.5) is 4.79 Å². The van der Waals surface area contributed by atoms with E-state index >= 15 is 0 Å². The fraction of sp³-hybridized carbons (Fsp3) is 0.562. The average Bonchev–Trinajstić information content (AvgIpc) is 2.41. The maximum absolute atomic E-state index is 11.9. The molecule has 0 aromatic carbocycles. The van der Waals surface area contributed by atoms with Gasteiger partial charge >= 0.3 is 12.0 Å². The van der Waals surface area contributed by atoms with Crippen molar-refractivity contribution < 1.29 is 19.1 Å². The zero-order valence-corrected chi connectivity index (χ0v) is 16.1. The highest BCUT2D eigenvalue weighted by molar-refractivity contribution is 7.99. The number of esters is 1. The van der Waals surface area contributed by atoms with Crippen LogP contribution in [0.2, 0.25) is 0 Å². The summed E-state index contributed by atoms with van der Waals surface area (Å²) in [6.45, 7) is 10.4. The van der Waals surface area contributed by atoms with Gasteiger partial charge in [-0.3, -0.25) is 14.9 Å². The number of rotatable bonds is 5. The first-order valence-corrected chi connectivity index (χ1v) is 8.72. The van der Waals surface area contributed by atoms with Crippen molar-refractivity contribution >= 4 is 29.7 Å². The molecule has 25 heavy (non-hydrogen) atoms. The summed E-state index contributed by atoms with van der Waals surface area (Å²) in [5, 5.41) is 5.18. The summed E-state index contributed by atoms with van der Waals surface area (Å²) in [5.74, 6) is -1.32. The van der Waals surface area contributed by atoms with Gasteiger partial charge in [0.1, 0.15) is 0 Å². The number of urea groups is 1. The smallest absolute Gasteiger partial charge is 0.321 e. The van der Waals surface area contributed by atoms with Gasteiger partial charge in [-0.05, 0) is 47.6 Å². The van der Waals surface area contributed by atoms with Crippen molar-refractivity contribution in [3.63, 3.8) is 0 Å². The molecular formula is C16H24N4O4S. The lowest BCUT2D eigenvalue weighted by atomic mass is 10.1. The second-order valence-corrected chi connectivity index (χ2v) is 7.49. The third-order valence-corrected chi connectivity index (χ3v) is 3.50. The largest absolute Gasteiger partial charge is 0.452 e. The molecule has 0 aliphatic carbocycles. The van der Waals surface area contributed by atoms with Gasteiger partial charge in [0.15, 0.2) is 11.3 Å². The van der Waals surface area contributed by atoms with E-state index in [1.807, 2.05) is 19.9 Å². The minimum Gasteiger partial charge on any atom is -0.452 e. The Bertz CT molecular complexity index is 638. The van der Waals surface area contributed by atoms with Crippen LogP contribution in [0.3, 0.4) is 0 Å². The molecule has 0 aliphatic rings. The molecule has 0 unspecified atom stereocenters. The summed E-state index contributed by atoms with van der Waals surface area (Å²) in [5.41, 5.74) is 1.13. The summed E-state index contributed by atoms with van der Waals surface area (Å²) < 4.78 is 5.02. The Kier molecular flexibility index (Phi) is 7.35. The number of thioether (sulfide) groups is 1. The lowest BCUT2D eigenvalue weighted by Gasteiger charge is -2.21. The van der Waals surface area contributed by atoms with E-state index in [-0.39, 0.29) is 5.75 Å². The Labute approximate surface area is 151 Å². The minimum absolute atomic E-state index is 0.0330. The van der Waals surface area contributed by atoms with E-state index in [9.17, 15) is 14.4 Å². The van der Waals surface area contributed by atoms with E-state index in [0.29, 0.717) is 5.16 Å². The normalized spacial score (nSPS) is 12.2. The van der Waals surface area contributed by atoms with Gasteiger partial charge in [-0.15, -0.1) is 0 Å². The number of aromatic nitrogens is 2. The highest BCUT2D eigenvalue weighted by atomic mass is 32.2. The molecule has 0 radical (unpaired) electrons. The van der Waals surface area contributed by atoms with Crippen molar-refractivity contribution in [2.75, 3.05) is 5.75 Å². The molecule has 1 heterocycles. The summed E-state index contributed by atoms with van der Waals surface area (Å²) in [6, 6.07) is 1.19. The number of nitrogens with one attached hydrogen (secondary N) is 2. The number of hydrogen-bond acceptors (Lipinski definition) is 7. The first-order chi connectivity index (χ1) is 11.5. The number of ether oxygens (including phenoxy) is 1.